The van der Waals surface area contributed by atoms with Crippen LogP contribution >= 0.6 is 0 Å². The van der Waals surface area contributed by atoms with Gasteiger partial charge in [0.2, 0.25) is 0 Å². The molecular weight excluding hydrogens is 186 g/mol. The minimum atomic E-state index is 0.762. The molecule has 1 aliphatic carbocycles. The molecule has 0 atom stereocenters. The van der Waals surface area contributed by atoms with Crippen molar-refractivity contribution in [3.63, 3.8) is 0 Å². The summed E-state index contributed by atoms with van der Waals surface area (Å²) in [5.41, 5.74) is 8.20. The Morgan fingerprint density at radius 3 is 2.87 bits per heavy atom. The zero-order valence-corrected chi connectivity index (χ0v) is 9.58. The minimum Gasteiger partial charge on any atom is -0.330 e. The van der Waals surface area contributed by atoms with Crippen LogP contribution in [0.15, 0.2) is 6.07 Å². The van der Waals surface area contributed by atoms with E-state index in [1.54, 1.807) is 0 Å². The van der Waals surface area contributed by atoms with Gasteiger partial charge in [-0.25, -0.2) is 0 Å². The Balaban J connectivity index is 2.09. The molecule has 1 heterocycles. The Morgan fingerprint density at radius 1 is 1.53 bits per heavy atom. The lowest BCUT2D eigenvalue weighted by atomic mass is 9.82. The number of hydrogen-bond donors (Lipinski definition) is 1. The highest BCUT2D eigenvalue weighted by Crippen LogP contribution is 2.36. The molecule has 0 amide bonds. The molecule has 0 radical (unpaired) electrons. The van der Waals surface area contributed by atoms with Crippen LogP contribution in [0, 0.1) is 0 Å². The van der Waals surface area contributed by atoms with E-state index in [-0.39, 0.29) is 0 Å². The van der Waals surface area contributed by atoms with Crippen LogP contribution in [0.4, 0.5) is 0 Å². The van der Waals surface area contributed by atoms with Gasteiger partial charge in [-0.1, -0.05) is 6.42 Å². The third-order valence-electron chi connectivity index (χ3n) is 3.32. The minimum absolute atomic E-state index is 0.762. The van der Waals surface area contributed by atoms with E-state index < -0.39 is 0 Å². The van der Waals surface area contributed by atoms with Crippen molar-refractivity contribution in [2.24, 2.45) is 5.73 Å². The van der Waals surface area contributed by atoms with Crippen LogP contribution in [0.5, 0.6) is 0 Å². The van der Waals surface area contributed by atoms with Gasteiger partial charge in [-0.05, 0) is 45.2 Å². The molecule has 1 fully saturated rings. The third kappa shape index (κ3) is 2.23. The van der Waals surface area contributed by atoms with Crippen molar-refractivity contribution in [1.82, 2.24) is 9.78 Å². The first-order chi connectivity index (χ1) is 7.35. The van der Waals surface area contributed by atoms with Crippen LogP contribution in [-0.2, 0) is 13.0 Å². The first kappa shape index (κ1) is 10.7. The summed E-state index contributed by atoms with van der Waals surface area (Å²) in [4.78, 5) is 0. The van der Waals surface area contributed by atoms with Gasteiger partial charge in [-0.2, -0.15) is 5.10 Å². The summed E-state index contributed by atoms with van der Waals surface area (Å²) < 4.78 is 2.18. The van der Waals surface area contributed by atoms with Crippen molar-refractivity contribution in [2.75, 3.05) is 6.54 Å². The summed E-state index contributed by atoms with van der Waals surface area (Å²) in [6.45, 7) is 3.92. The quantitative estimate of drug-likeness (QED) is 0.803. The molecule has 2 rings (SSSR count). The lowest BCUT2D eigenvalue weighted by molar-refractivity contribution is 0.390. The normalized spacial score (nSPS) is 16.7. The Bertz CT molecular complexity index is 313. The molecular formula is C12H21N3. The third-order valence-corrected chi connectivity index (χ3v) is 3.32. The van der Waals surface area contributed by atoms with Crippen molar-refractivity contribution in [1.29, 1.82) is 0 Å². The molecule has 84 valence electrons. The summed E-state index contributed by atoms with van der Waals surface area (Å²) in [6.07, 6.45) is 6.16. The molecule has 3 nitrogen and oxygen atoms in total. The van der Waals surface area contributed by atoms with Crippen LogP contribution in [0.1, 0.15) is 49.9 Å². The van der Waals surface area contributed by atoms with Crippen LogP contribution < -0.4 is 5.73 Å². The Kier molecular flexibility index (Phi) is 3.41. The Labute approximate surface area is 91.7 Å². The summed E-state index contributed by atoms with van der Waals surface area (Å²) >= 11 is 0. The van der Waals surface area contributed by atoms with E-state index in [0.717, 1.165) is 31.8 Å². The van der Waals surface area contributed by atoms with Crippen LogP contribution in [0.2, 0.25) is 0 Å². The molecule has 1 aromatic rings. The molecule has 1 saturated carbocycles. The molecule has 1 aromatic heterocycles. The summed E-state index contributed by atoms with van der Waals surface area (Å²) in [5.74, 6) is 0.782. The second-order valence-corrected chi connectivity index (χ2v) is 4.40. The predicted octanol–water partition coefficient (Wildman–Crippen LogP) is 2.06. The monoisotopic (exact) mass is 207 g/mol. The van der Waals surface area contributed by atoms with Gasteiger partial charge >= 0.3 is 0 Å². The van der Waals surface area contributed by atoms with E-state index in [1.165, 1.54) is 30.7 Å². The van der Waals surface area contributed by atoms with Crippen molar-refractivity contribution in [3.05, 3.63) is 17.5 Å². The average Bonchev–Trinajstić information content (AvgIpc) is 2.55. The maximum Gasteiger partial charge on any atom is 0.0628 e. The van der Waals surface area contributed by atoms with Crippen LogP contribution in [0.3, 0.4) is 0 Å². The zero-order valence-electron chi connectivity index (χ0n) is 9.58. The van der Waals surface area contributed by atoms with Crippen molar-refractivity contribution < 1.29 is 0 Å². The maximum atomic E-state index is 5.52. The van der Waals surface area contributed by atoms with Gasteiger partial charge in [-0.3, -0.25) is 4.68 Å². The van der Waals surface area contributed by atoms with E-state index >= 15 is 0 Å². The van der Waals surface area contributed by atoms with Crippen molar-refractivity contribution in [2.45, 2.75) is 51.5 Å². The molecule has 3 heteroatoms. The fraction of sp³-hybridized carbons (Fsp3) is 0.750. The first-order valence-electron chi connectivity index (χ1n) is 6.11. The summed E-state index contributed by atoms with van der Waals surface area (Å²) in [6, 6.07) is 2.29. The number of nitrogens with two attached hydrogens (primary N) is 1. The summed E-state index contributed by atoms with van der Waals surface area (Å²) in [5, 5.41) is 4.63. The molecule has 15 heavy (non-hydrogen) atoms. The maximum absolute atomic E-state index is 5.52. The van der Waals surface area contributed by atoms with E-state index in [4.69, 9.17) is 5.73 Å². The smallest absolute Gasteiger partial charge is 0.0628 e. The molecule has 0 aromatic carbocycles. The van der Waals surface area contributed by atoms with E-state index in [1.807, 2.05) is 0 Å². The number of aromatic nitrogens is 2. The second kappa shape index (κ2) is 4.79. The lowest BCUT2D eigenvalue weighted by Crippen LogP contribution is -2.14. The van der Waals surface area contributed by atoms with Gasteiger partial charge in [0.05, 0.1) is 5.69 Å². The number of rotatable bonds is 5. The molecule has 2 N–H and O–H groups in total. The van der Waals surface area contributed by atoms with Gasteiger partial charge in [0.15, 0.2) is 0 Å². The fourth-order valence-electron chi connectivity index (χ4n) is 2.18. The number of hydrogen-bond acceptors (Lipinski definition) is 2. The van der Waals surface area contributed by atoms with E-state index in [0.29, 0.717) is 0 Å². The predicted molar refractivity (Wildman–Crippen MR) is 61.9 cm³/mol. The van der Waals surface area contributed by atoms with Gasteiger partial charge in [0, 0.05) is 18.2 Å². The summed E-state index contributed by atoms with van der Waals surface area (Å²) in [7, 11) is 0. The molecule has 0 aliphatic heterocycles. The molecule has 1 aliphatic rings. The standard InChI is InChI=1S/C12H21N3/c1-2-15-12(10-5-3-6-10)9-11(14-15)7-4-8-13/h9-10H,2-8,13H2,1H3. The van der Waals surface area contributed by atoms with Crippen LogP contribution in [-0.4, -0.2) is 16.3 Å². The lowest BCUT2D eigenvalue weighted by Gasteiger charge is -2.25. The fourth-order valence-corrected chi connectivity index (χ4v) is 2.18. The Morgan fingerprint density at radius 2 is 2.33 bits per heavy atom. The highest BCUT2D eigenvalue weighted by molar-refractivity contribution is 5.17. The first-order valence-corrected chi connectivity index (χ1v) is 6.11. The molecule has 0 saturated heterocycles. The number of nitrogens with zero attached hydrogens (tertiary/aromatic N) is 2. The van der Waals surface area contributed by atoms with Gasteiger partial charge in [-0.15, -0.1) is 0 Å². The van der Waals surface area contributed by atoms with Gasteiger partial charge in [0.25, 0.3) is 0 Å². The molecule has 0 spiro atoms. The highest BCUT2D eigenvalue weighted by atomic mass is 15.3. The van der Waals surface area contributed by atoms with Gasteiger partial charge < -0.3 is 5.73 Å². The van der Waals surface area contributed by atoms with Gasteiger partial charge in [0.1, 0.15) is 0 Å². The second-order valence-electron chi connectivity index (χ2n) is 4.40. The highest BCUT2D eigenvalue weighted by Gasteiger charge is 2.23. The number of aryl methyl sites for hydroxylation is 2. The average molecular weight is 207 g/mol. The van der Waals surface area contributed by atoms with Crippen molar-refractivity contribution >= 4 is 0 Å². The topological polar surface area (TPSA) is 43.8 Å². The largest absolute Gasteiger partial charge is 0.330 e. The SMILES string of the molecule is CCn1nc(CCCN)cc1C1CCC1. The molecule has 0 unspecified atom stereocenters. The van der Waals surface area contributed by atoms with E-state index in [2.05, 4.69) is 22.8 Å². The van der Waals surface area contributed by atoms with Crippen molar-refractivity contribution in [3.8, 4) is 0 Å². The molecule has 0 bridgehead atoms. The zero-order chi connectivity index (χ0) is 10.7. The van der Waals surface area contributed by atoms with Crippen LogP contribution in [0.25, 0.3) is 0 Å². The Hall–Kier alpha value is -0.830. The van der Waals surface area contributed by atoms with E-state index in [9.17, 15) is 0 Å².